The summed E-state index contributed by atoms with van der Waals surface area (Å²) < 4.78 is 10.9. The van der Waals surface area contributed by atoms with Crippen LogP contribution in [0, 0.1) is 6.92 Å². The molecule has 0 aliphatic carbocycles. The summed E-state index contributed by atoms with van der Waals surface area (Å²) >= 11 is 0. The van der Waals surface area contributed by atoms with Crippen LogP contribution in [-0.4, -0.2) is 24.6 Å². The largest absolute Gasteiger partial charge is 0.480 e. The smallest absolute Gasteiger partial charge is 0.338 e. The van der Waals surface area contributed by atoms with E-state index in [0.717, 1.165) is 16.3 Å². The van der Waals surface area contributed by atoms with E-state index in [-0.39, 0.29) is 11.9 Å². The molecular weight excluding hydrogens is 354 g/mol. The molecule has 1 N–H and O–H groups in total. The molecule has 0 saturated carbocycles. The summed E-state index contributed by atoms with van der Waals surface area (Å²) in [7, 11) is 0. The van der Waals surface area contributed by atoms with Crippen molar-refractivity contribution in [3.8, 4) is 5.75 Å². The first kappa shape index (κ1) is 19.4. The molecule has 1 atom stereocenters. The second-order valence-electron chi connectivity index (χ2n) is 6.48. The quantitative estimate of drug-likeness (QED) is 0.631. The number of hydrogen-bond acceptors (Lipinski definition) is 4. The first-order chi connectivity index (χ1) is 13.5. The minimum absolute atomic E-state index is 0.264. The van der Waals surface area contributed by atoms with Crippen LogP contribution < -0.4 is 10.1 Å². The summed E-state index contributed by atoms with van der Waals surface area (Å²) in [6.45, 7) is 5.62. The van der Waals surface area contributed by atoms with Gasteiger partial charge in [0.25, 0.3) is 5.91 Å². The van der Waals surface area contributed by atoms with E-state index in [1.807, 2.05) is 49.4 Å². The highest BCUT2D eigenvalue weighted by atomic mass is 16.5. The van der Waals surface area contributed by atoms with Crippen LogP contribution in [0.25, 0.3) is 10.8 Å². The van der Waals surface area contributed by atoms with Crippen molar-refractivity contribution in [2.75, 3.05) is 11.9 Å². The van der Waals surface area contributed by atoms with E-state index in [1.165, 1.54) is 0 Å². The molecule has 0 unspecified atom stereocenters. The van der Waals surface area contributed by atoms with Crippen LogP contribution in [0.3, 0.4) is 0 Å². The molecule has 144 valence electrons. The molecule has 0 heterocycles. The molecule has 28 heavy (non-hydrogen) atoms. The van der Waals surface area contributed by atoms with E-state index >= 15 is 0 Å². The Labute approximate surface area is 164 Å². The average Bonchev–Trinajstić information content (AvgIpc) is 2.69. The third kappa shape index (κ3) is 4.31. The number of carbonyl (C=O) groups excluding carboxylic acids is 2. The van der Waals surface area contributed by atoms with Crippen molar-refractivity contribution < 1.29 is 19.1 Å². The van der Waals surface area contributed by atoms with Gasteiger partial charge in [-0.25, -0.2) is 4.79 Å². The van der Waals surface area contributed by atoms with Gasteiger partial charge in [-0.2, -0.15) is 0 Å². The summed E-state index contributed by atoms with van der Waals surface area (Å²) in [6, 6.07) is 18.7. The number of amides is 1. The Morgan fingerprint density at radius 2 is 1.79 bits per heavy atom. The van der Waals surface area contributed by atoms with Gasteiger partial charge >= 0.3 is 5.97 Å². The van der Waals surface area contributed by atoms with Gasteiger partial charge in [0.05, 0.1) is 12.2 Å². The Morgan fingerprint density at radius 3 is 2.54 bits per heavy atom. The Balaban J connectivity index is 1.71. The fraction of sp³-hybridized carbons (Fsp3) is 0.217. The van der Waals surface area contributed by atoms with E-state index in [1.54, 1.807) is 32.0 Å². The summed E-state index contributed by atoms with van der Waals surface area (Å²) in [5, 5.41) is 4.87. The number of benzene rings is 3. The Hall–Kier alpha value is -3.34. The van der Waals surface area contributed by atoms with Crippen molar-refractivity contribution in [2.45, 2.75) is 26.9 Å². The molecule has 0 aromatic heterocycles. The molecule has 0 fully saturated rings. The number of anilines is 1. The van der Waals surface area contributed by atoms with Gasteiger partial charge in [0, 0.05) is 11.1 Å². The number of rotatable bonds is 6. The minimum Gasteiger partial charge on any atom is -0.480 e. The zero-order valence-electron chi connectivity index (χ0n) is 16.2. The molecule has 0 saturated heterocycles. The topological polar surface area (TPSA) is 64.6 Å². The summed E-state index contributed by atoms with van der Waals surface area (Å²) in [5.41, 5.74) is 1.86. The highest BCUT2D eigenvalue weighted by Crippen LogP contribution is 2.26. The van der Waals surface area contributed by atoms with Gasteiger partial charge in [-0.05, 0) is 56.0 Å². The van der Waals surface area contributed by atoms with Gasteiger partial charge in [0.15, 0.2) is 6.10 Å². The van der Waals surface area contributed by atoms with Crippen LogP contribution in [-0.2, 0) is 9.53 Å². The van der Waals surface area contributed by atoms with Crippen LogP contribution in [0.15, 0.2) is 60.7 Å². The van der Waals surface area contributed by atoms with E-state index in [0.29, 0.717) is 23.6 Å². The molecule has 1 amide bonds. The third-order valence-electron chi connectivity index (χ3n) is 4.42. The fourth-order valence-electron chi connectivity index (χ4n) is 2.92. The summed E-state index contributed by atoms with van der Waals surface area (Å²) in [5.74, 6) is 0.0196. The lowest BCUT2D eigenvalue weighted by Crippen LogP contribution is -2.30. The monoisotopic (exact) mass is 377 g/mol. The van der Waals surface area contributed by atoms with Crippen LogP contribution in [0.2, 0.25) is 0 Å². The van der Waals surface area contributed by atoms with Crippen molar-refractivity contribution in [3.05, 3.63) is 71.8 Å². The molecule has 5 heteroatoms. The molecule has 0 aliphatic heterocycles. The van der Waals surface area contributed by atoms with Crippen LogP contribution in [0.1, 0.15) is 29.8 Å². The lowest BCUT2D eigenvalue weighted by atomic mass is 10.1. The molecule has 3 aromatic carbocycles. The Bertz CT molecular complexity index is 1010. The van der Waals surface area contributed by atoms with Gasteiger partial charge in [0.2, 0.25) is 0 Å². The number of esters is 1. The van der Waals surface area contributed by atoms with E-state index in [4.69, 9.17) is 9.47 Å². The van der Waals surface area contributed by atoms with Gasteiger partial charge in [-0.3, -0.25) is 4.79 Å². The van der Waals surface area contributed by atoms with Crippen LogP contribution in [0.4, 0.5) is 5.69 Å². The first-order valence-corrected chi connectivity index (χ1v) is 9.22. The van der Waals surface area contributed by atoms with Crippen molar-refractivity contribution in [1.82, 2.24) is 0 Å². The Kier molecular flexibility index (Phi) is 5.94. The standard InChI is InChI=1S/C23H23NO4/c1-4-27-23(26)18-12-13-20(15(2)14-18)24-22(25)16(3)28-21-11-7-9-17-8-5-6-10-19(17)21/h5-14,16H,4H2,1-3H3,(H,24,25)/t16-/m0/s1. The number of carbonyl (C=O) groups is 2. The van der Waals surface area contributed by atoms with E-state index in [9.17, 15) is 9.59 Å². The maximum absolute atomic E-state index is 12.6. The first-order valence-electron chi connectivity index (χ1n) is 9.22. The van der Waals surface area contributed by atoms with Gasteiger partial charge in [0.1, 0.15) is 5.75 Å². The lowest BCUT2D eigenvalue weighted by molar-refractivity contribution is -0.122. The van der Waals surface area contributed by atoms with E-state index < -0.39 is 6.10 Å². The number of ether oxygens (including phenoxy) is 2. The Morgan fingerprint density at radius 1 is 1.04 bits per heavy atom. The summed E-state index contributed by atoms with van der Waals surface area (Å²) in [4.78, 5) is 24.4. The minimum atomic E-state index is -0.685. The molecule has 0 aliphatic rings. The SMILES string of the molecule is CCOC(=O)c1ccc(NC(=O)[C@H](C)Oc2cccc3ccccc23)c(C)c1. The fourth-order valence-corrected chi connectivity index (χ4v) is 2.92. The molecule has 5 nitrogen and oxygen atoms in total. The van der Waals surface area contributed by atoms with Gasteiger partial charge in [-0.1, -0.05) is 36.4 Å². The summed E-state index contributed by atoms with van der Waals surface area (Å²) in [6.07, 6.45) is -0.685. The number of aryl methyl sites for hydroxylation is 1. The van der Waals surface area contributed by atoms with Crippen molar-refractivity contribution in [2.24, 2.45) is 0 Å². The normalized spacial score (nSPS) is 11.7. The van der Waals surface area contributed by atoms with Crippen LogP contribution >= 0.6 is 0 Å². The molecular formula is C23H23NO4. The number of fused-ring (bicyclic) bond motifs is 1. The molecule has 3 aromatic rings. The zero-order chi connectivity index (χ0) is 20.1. The second kappa shape index (κ2) is 8.57. The second-order valence-corrected chi connectivity index (χ2v) is 6.48. The van der Waals surface area contributed by atoms with E-state index in [2.05, 4.69) is 5.32 Å². The highest BCUT2D eigenvalue weighted by Gasteiger charge is 2.17. The molecule has 3 rings (SSSR count). The number of hydrogen-bond donors (Lipinski definition) is 1. The maximum atomic E-state index is 12.6. The van der Waals surface area contributed by atoms with Crippen molar-refractivity contribution >= 4 is 28.3 Å². The highest BCUT2D eigenvalue weighted by molar-refractivity contribution is 5.96. The lowest BCUT2D eigenvalue weighted by Gasteiger charge is -2.17. The molecule has 0 bridgehead atoms. The third-order valence-corrected chi connectivity index (χ3v) is 4.42. The van der Waals surface area contributed by atoms with Gasteiger partial charge in [-0.15, -0.1) is 0 Å². The van der Waals surface area contributed by atoms with Crippen molar-refractivity contribution in [1.29, 1.82) is 0 Å². The zero-order valence-corrected chi connectivity index (χ0v) is 16.2. The number of nitrogens with one attached hydrogen (secondary N) is 1. The molecule has 0 radical (unpaired) electrons. The van der Waals surface area contributed by atoms with Gasteiger partial charge < -0.3 is 14.8 Å². The predicted octanol–water partition coefficient (Wildman–Crippen LogP) is 4.73. The maximum Gasteiger partial charge on any atom is 0.338 e. The average molecular weight is 377 g/mol. The predicted molar refractivity (Wildman–Crippen MR) is 110 cm³/mol. The van der Waals surface area contributed by atoms with Crippen LogP contribution in [0.5, 0.6) is 5.75 Å². The van der Waals surface area contributed by atoms with Crippen molar-refractivity contribution in [3.63, 3.8) is 0 Å². The molecule has 0 spiro atoms.